The van der Waals surface area contributed by atoms with E-state index in [1.54, 1.807) is 24.3 Å². The molecule has 1 unspecified atom stereocenters. The van der Waals surface area contributed by atoms with E-state index in [1.165, 1.54) is 17.7 Å². The van der Waals surface area contributed by atoms with Crippen molar-refractivity contribution in [1.29, 1.82) is 0 Å². The summed E-state index contributed by atoms with van der Waals surface area (Å²) in [7, 11) is 0. The highest BCUT2D eigenvalue weighted by Gasteiger charge is 2.28. The molecule has 4 amide bonds. The fourth-order valence-electron chi connectivity index (χ4n) is 2.84. The number of unbranched alkanes of at least 4 members (excludes halogenated alkanes) is 1. The molecule has 1 aromatic rings. The van der Waals surface area contributed by atoms with Crippen molar-refractivity contribution in [3.05, 3.63) is 35.4 Å². The molecule has 1 atom stereocenters. The van der Waals surface area contributed by atoms with Gasteiger partial charge < -0.3 is 10.6 Å². The molecule has 1 aliphatic rings. The zero-order valence-corrected chi connectivity index (χ0v) is 15.0. The van der Waals surface area contributed by atoms with Crippen molar-refractivity contribution in [2.45, 2.75) is 46.1 Å². The zero-order valence-electron chi connectivity index (χ0n) is 15.0. The number of carbonyl (C=O) groups is 3. The summed E-state index contributed by atoms with van der Waals surface area (Å²) in [5.74, 6) is 0.198. The number of rotatable bonds is 9. The summed E-state index contributed by atoms with van der Waals surface area (Å²) in [4.78, 5) is 36.6. The van der Waals surface area contributed by atoms with Crippen LogP contribution in [0.2, 0.25) is 0 Å². The van der Waals surface area contributed by atoms with Gasteiger partial charge in [-0.3, -0.25) is 14.5 Å². The highest BCUT2D eigenvalue weighted by atomic mass is 16.2. The van der Waals surface area contributed by atoms with Crippen LogP contribution in [0.25, 0.3) is 0 Å². The third kappa shape index (κ3) is 5.31. The van der Waals surface area contributed by atoms with Crippen molar-refractivity contribution in [3.63, 3.8) is 0 Å². The molecule has 1 saturated heterocycles. The number of carbonyl (C=O) groups excluding carboxylic acids is 3. The Morgan fingerprint density at radius 2 is 1.96 bits per heavy atom. The summed E-state index contributed by atoms with van der Waals surface area (Å²) >= 11 is 0. The van der Waals surface area contributed by atoms with Gasteiger partial charge in [0.25, 0.3) is 5.91 Å². The number of nitrogens with one attached hydrogen (secondary N) is 2. The Labute approximate surface area is 149 Å². The Kier molecular flexibility index (Phi) is 6.98. The zero-order chi connectivity index (χ0) is 18.2. The highest BCUT2D eigenvalue weighted by Crippen LogP contribution is 2.13. The third-order valence-electron chi connectivity index (χ3n) is 4.59. The standard InChI is InChI=1S/C19H27N3O3/c1-3-5-6-14(4-2)11-20-18(24)16-9-7-15(8-10-16)13-22-17(23)12-21-19(22)25/h7-10,14H,3-6,11-13H2,1-2H3,(H,20,24)(H,21,25). The molecule has 0 bridgehead atoms. The van der Waals surface area contributed by atoms with Crippen LogP contribution in [-0.4, -0.2) is 35.8 Å². The Bertz CT molecular complexity index is 597. The van der Waals surface area contributed by atoms with Gasteiger partial charge in [0.15, 0.2) is 0 Å². The molecule has 6 heteroatoms. The number of urea groups is 1. The van der Waals surface area contributed by atoms with Crippen molar-refractivity contribution in [2.24, 2.45) is 5.92 Å². The van der Waals surface area contributed by atoms with Crippen LogP contribution in [0.15, 0.2) is 24.3 Å². The molecule has 0 radical (unpaired) electrons. The molecule has 25 heavy (non-hydrogen) atoms. The number of hydrogen-bond donors (Lipinski definition) is 2. The lowest BCUT2D eigenvalue weighted by Gasteiger charge is -2.15. The van der Waals surface area contributed by atoms with Crippen LogP contribution >= 0.6 is 0 Å². The summed E-state index contributed by atoms with van der Waals surface area (Å²) in [6.07, 6.45) is 4.55. The van der Waals surface area contributed by atoms with Gasteiger partial charge in [-0.15, -0.1) is 0 Å². The Balaban J connectivity index is 1.87. The Morgan fingerprint density at radius 1 is 1.24 bits per heavy atom. The Hall–Kier alpha value is -2.37. The summed E-state index contributed by atoms with van der Waals surface area (Å²) in [6, 6.07) is 6.65. The maximum absolute atomic E-state index is 12.3. The molecule has 0 saturated carbocycles. The quantitative estimate of drug-likeness (QED) is 0.676. The lowest BCUT2D eigenvalue weighted by atomic mass is 9.99. The van der Waals surface area contributed by atoms with E-state index in [1.807, 2.05) is 0 Å². The second-order valence-corrected chi connectivity index (χ2v) is 6.46. The van der Waals surface area contributed by atoms with Gasteiger partial charge in [-0.05, 0) is 30.0 Å². The summed E-state index contributed by atoms with van der Waals surface area (Å²) in [6.45, 7) is 5.29. The van der Waals surface area contributed by atoms with E-state index >= 15 is 0 Å². The van der Waals surface area contributed by atoms with Gasteiger partial charge in [-0.1, -0.05) is 45.2 Å². The molecular weight excluding hydrogens is 318 g/mol. The number of benzene rings is 1. The Morgan fingerprint density at radius 3 is 2.52 bits per heavy atom. The van der Waals surface area contributed by atoms with Gasteiger partial charge >= 0.3 is 6.03 Å². The minimum Gasteiger partial charge on any atom is -0.352 e. The van der Waals surface area contributed by atoms with Crippen LogP contribution < -0.4 is 10.6 Å². The van der Waals surface area contributed by atoms with E-state index in [4.69, 9.17) is 0 Å². The first-order valence-electron chi connectivity index (χ1n) is 9.00. The molecule has 0 aliphatic carbocycles. The minimum absolute atomic E-state index is 0.0515. The normalized spacial score (nSPS) is 15.2. The smallest absolute Gasteiger partial charge is 0.324 e. The minimum atomic E-state index is -0.371. The van der Waals surface area contributed by atoms with E-state index in [0.717, 1.165) is 18.4 Å². The van der Waals surface area contributed by atoms with E-state index in [9.17, 15) is 14.4 Å². The van der Waals surface area contributed by atoms with Gasteiger partial charge in [-0.25, -0.2) is 4.79 Å². The number of amides is 4. The van der Waals surface area contributed by atoms with Gasteiger partial charge in [-0.2, -0.15) is 0 Å². The highest BCUT2D eigenvalue weighted by molar-refractivity contribution is 6.01. The van der Waals surface area contributed by atoms with E-state index in [-0.39, 0.29) is 30.9 Å². The summed E-state index contributed by atoms with van der Waals surface area (Å²) in [5.41, 5.74) is 1.41. The van der Waals surface area contributed by atoms with Crippen LogP contribution in [-0.2, 0) is 11.3 Å². The molecule has 136 valence electrons. The maximum atomic E-state index is 12.3. The van der Waals surface area contributed by atoms with Crippen LogP contribution in [0, 0.1) is 5.92 Å². The molecule has 1 heterocycles. The average Bonchev–Trinajstić information content (AvgIpc) is 2.94. The first kappa shape index (κ1) is 19.0. The number of imide groups is 1. The maximum Gasteiger partial charge on any atom is 0.324 e. The average molecular weight is 345 g/mol. The first-order valence-corrected chi connectivity index (χ1v) is 9.00. The molecule has 1 fully saturated rings. The molecule has 6 nitrogen and oxygen atoms in total. The number of nitrogens with zero attached hydrogens (tertiary/aromatic N) is 1. The van der Waals surface area contributed by atoms with Crippen molar-refractivity contribution >= 4 is 17.8 Å². The topological polar surface area (TPSA) is 78.5 Å². The second kappa shape index (κ2) is 9.20. The van der Waals surface area contributed by atoms with Crippen molar-refractivity contribution < 1.29 is 14.4 Å². The molecular formula is C19H27N3O3. The molecule has 2 N–H and O–H groups in total. The lowest BCUT2D eigenvalue weighted by molar-refractivity contribution is -0.125. The first-order chi connectivity index (χ1) is 12.0. The van der Waals surface area contributed by atoms with Crippen molar-refractivity contribution in [3.8, 4) is 0 Å². The number of hydrogen-bond acceptors (Lipinski definition) is 3. The molecule has 1 aromatic carbocycles. The fraction of sp³-hybridized carbons (Fsp3) is 0.526. The van der Waals surface area contributed by atoms with Gasteiger partial charge in [0.05, 0.1) is 13.1 Å². The molecule has 1 aliphatic heterocycles. The second-order valence-electron chi connectivity index (χ2n) is 6.46. The van der Waals surface area contributed by atoms with Crippen LogP contribution in [0.5, 0.6) is 0 Å². The van der Waals surface area contributed by atoms with E-state index < -0.39 is 0 Å². The molecule has 2 rings (SSSR count). The van der Waals surface area contributed by atoms with Crippen molar-refractivity contribution in [1.82, 2.24) is 15.5 Å². The molecule has 0 spiro atoms. The SMILES string of the molecule is CCCCC(CC)CNC(=O)c1ccc(CN2C(=O)CNC2=O)cc1. The van der Waals surface area contributed by atoms with Crippen molar-refractivity contribution in [2.75, 3.05) is 13.1 Å². The molecule has 0 aromatic heterocycles. The third-order valence-corrected chi connectivity index (χ3v) is 4.59. The van der Waals surface area contributed by atoms with Crippen LogP contribution in [0.3, 0.4) is 0 Å². The largest absolute Gasteiger partial charge is 0.352 e. The van der Waals surface area contributed by atoms with Gasteiger partial charge in [0, 0.05) is 12.1 Å². The fourth-order valence-corrected chi connectivity index (χ4v) is 2.84. The predicted molar refractivity (Wildman–Crippen MR) is 96.0 cm³/mol. The summed E-state index contributed by atoms with van der Waals surface area (Å²) in [5, 5.41) is 5.49. The van der Waals surface area contributed by atoms with E-state index in [0.29, 0.717) is 18.0 Å². The van der Waals surface area contributed by atoms with Crippen LogP contribution in [0.4, 0.5) is 4.79 Å². The van der Waals surface area contributed by atoms with Gasteiger partial charge in [0.1, 0.15) is 0 Å². The van der Waals surface area contributed by atoms with Gasteiger partial charge in [0.2, 0.25) is 5.91 Å². The predicted octanol–water partition coefficient (Wildman–Crippen LogP) is 2.68. The van der Waals surface area contributed by atoms with Crippen LogP contribution in [0.1, 0.15) is 55.5 Å². The lowest BCUT2D eigenvalue weighted by Crippen LogP contribution is -2.30. The van der Waals surface area contributed by atoms with E-state index in [2.05, 4.69) is 24.5 Å². The summed E-state index contributed by atoms with van der Waals surface area (Å²) < 4.78 is 0. The monoisotopic (exact) mass is 345 g/mol.